The third-order valence-corrected chi connectivity index (χ3v) is 3.88. The van der Waals surface area contributed by atoms with Crippen LogP contribution in [0.15, 0.2) is 18.3 Å². The van der Waals surface area contributed by atoms with Gasteiger partial charge in [-0.3, -0.25) is 4.98 Å². The molecule has 0 bridgehead atoms. The van der Waals surface area contributed by atoms with E-state index >= 15 is 0 Å². The first-order chi connectivity index (χ1) is 9.76. The molecule has 0 aromatic carbocycles. The predicted octanol–water partition coefficient (Wildman–Crippen LogP) is 4.69. The van der Waals surface area contributed by atoms with Gasteiger partial charge >= 0.3 is 0 Å². The van der Waals surface area contributed by atoms with Crippen LogP contribution in [-0.2, 0) is 12.8 Å². The lowest BCUT2D eigenvalue weighted by Gasteiger charge is -2.10. The lowest BCUT2D eigenvalue weighted by atomic mass is 10.0. The monoisotopic (exact) mass is 277 g/mol. The van der Waals surface area contributed by atoms with Gasteiger partial charge in [0.1, 0.15) is 0 Å². The zero-order chi connectivity index (χ0) is 14.6. The molecule has 2 heteroatoms. The van der Waals surface area contributed by atoms with E-state index < -0.39 is 0 Å². The van der Waals surface area contributed by atoms with Crippen LogP contribution in [-0.4, -0.2) is 16.2 Å². The molecule has 1 aromatic rings. The number of aliphatic hydroxyl groups excluding tert-OH is 1. The van der Waals surface area contributed by atoms with E-state index in [1.54, 1.807) is 0 Å². The molecule has 114 valence electrons. The molecule has 2 nitrogen and oxygen atoms in total. The second-order valence-electron chi connectivity index (χ2n) is 5.78. The normalized spacial score (nSPS) is 12.6. The number of aryl methyl sites for hydroxylation is 1. The van der Waals surface area contributed by atoms with Gasteiger partial charge in [-0.15, -0.1) is 0 Å². The highest BCUT2D eigenvalue weighted by molar-refractivity contribution is 5.14. The van der Waals surface area contributed by atoms with Crippen molar-refractivity contribution in [2.24, 2.45) is 0 Å². The molecule has 1 aromatic heterocycles. The Morgan fingerprint density at radius 2 is 1.70 bits per heavy atom. The van der Waals surface area contributed by atoms with Crippen LogP contribution in [0.1, 0.15) is 76.5 Å². The van der Waals surface area contributed by atoms with Crippen molar-refractivity contribution in [1.82, 2.24) is 4.98 Å². The third kappa shape index (κ3) is 7.64. The van der Waals surface area contributed by atoms with Crippen LogP contribution in [0.2, 0.25) is 0 Å². The fraction of sp³-hybridized carbons (Fsp3) is 0.722. The quantitative estimate of drug-likeness (QED) is 0.595. The molecule has 0 radical (unpaired) electrons. The molecule has 1 unspecified atom stereocenters. The summed E-state index contributed by atoms with van der Waals surface area (Å²) in [5, 5.41) is 10.0. The number of pyridine rings is 1. The molecule has 0 spiro atoms. The van der Waals surface area contributed by atoms with E-state index in [9.17, 15) is 5.11 Å². The highest BCUT2D eigenvalue weighted by Gasteiger charge is 2.06. The van der Waals surface area contributed by atoms with Crippen LogP contribution in [0.3, 0.4) is 0 Å². The largest absolute Gasteiger partial charge is 0.393 e. The number of unbranched alkanes of at least 4 members (excludes halogenated alkanes) is 6. The number of aromatic nitrogens is 1. The van der Waals surface area contributed by atoms with Gasteiger partial charge in [0.2, 0.25) is 0 Å². The molecular formula is C18H31NO. The molecule has 1 atom stereocenters. The smallest absolute Gasteiger partial charge is 0.0595 e. The summed E-state index contributed by atoms with van der Waals surface area (Å²) < 4.78 is 0. The summed E-state index contributed by atoms with van der Waals surface area (Å²) in [5.41, 5.74) is 2.27. The maximum atomic E-state index is 10.0. The molecular weight excluding hydrogens is 246 g/mol. The van der Waals surface area contributed by atoms with E-state index in [-0.39, 0.29) is 6.10 Å². The first-order valence-corrected chi connectivity index (χ1v) is 8.38. The zero-order valence-corrected chi connectivity index (χ0v) is 13.3. The van der Waals surface area contributed by atoms with Crippen molar-refractivity contribution >= 4 is 0 Å². The van der Waals surface area contributed by atoms with Gasteiger partial charge < -0.3 is 5.11 Å². The van der Waals surface area contributed by atoms with Crippen LogP contribution in [0, 0.1) is 0 Å². The van der Waals surface area contributed by atoms with Gasteiger partial charge in [0.05, 0.1) is 6.10 Å². The van der Waals surface area contributed by atoms with Crippen molar-refractivity contribution in [2.45, 2.75) is 84.2 Å². The maximum absolute atomic E-state index is 10.0. The van der Waals surface area contributed by atoms with Gasteiger partial charge in [-0.05, 0) is 24.5 Å². The average Bonchev–Trinajstić information content (AvgIpc) is 2.47. The zero-order valence-electron chi connectivity index (χ0n) is 13.3. The van der Waals surface area contributed by atoms with Crippen molar-refractivity contribution in [3.05, 3.63) is 29.6 Å². The van der Waals surface area contributed by atoms with Gasteiger partial charge in [-0.1, -0.05) is 64.9 Å². The summed E-state index contributed by atoms with van der Waals surface area (Å²) in [7, 11) is 0. The molecule has 0 aliphatic heterocycles. The van der Waals surface area contributed by atoms with Gasteiger partial charge in [-0.2, -0.15) is 0 Å². The Labute approximate surface area is 124 Å². The molecule has 0 aliphatic carbocycles. The molecule has 1 rings (SSSR count). The minimum atomic E-state index is -0.231. The molecule has 1 N–H and O–H groups in total. The molecule has 20 heavy (non-hydrogen) atoms. The Morgan fingerprint density at radius 1 is 1.00 bits per heavy atom. The SMILES string of the molecule is CCCCCCCCCC(O)Cc1ccc(CC)cn1. The van der Waals surface area contributed by atoms with Crippen LogP contribution in [0.4, 0.5) is 0 Å². The summed E-state index contributed by atoms with van der Waals surface area (Å²) in [4.78, 5) is 4.41. The standard InChI is InChI=1S/C18H31NO/c1-3-5-6-7-8-9-10-11-18(20)14-17-13-12-16(4-2)15-19-17/h12-13,15,18,20H,3-11,14H2,1-2H3. The number of hydrogen-bond donors (Lipinski definition) is 1. The summed E-state index contributed by atoms with van der Waals surface area (Å²) >= 11 is 0. The van der Waals surface area contributed by atoms with E-state index in [4.69, 9.17) is 0 Å². The van der Waals surface area contributed by atoms with Gasteiger partial charge in [0.25, 0.3) is 0 Å². The maximum Gasteiger partial charge on any atom is 0.0595 e. The van der Waals surface area contributed by atoms with Gasteiger partial charge in [0, 0.05) is 18.3 Å². The van der Waals surface area contributed by atoms with E-state index in [0.29, 0.717) is 6.42 Å². The molecule has 0 saturated carbocycles. The van der Waals surface area contributed by atoms with Gasteiger partial charge in [-0.25, -0.2) is 0 Å². The lowest BCUT2D eigenvalue weighted by molar-refractivity contribution is 0.159. The first kappa shape index (κ1) is 17.2. The highest BCUT2D eigenvalue weighted by Crippen LogP contribution is 2.12. The van der Waals surface area contributed by atoms with Crippen molar-refractivity contribution < 1.29 is 5.11 Å². The molecule has 1 heterocycles. The Balaban J connectivity index is 2.08. The van der Waals surface area contributed by atoms with Crippen LogP contribution in [0.25, 0.3) is 0 Å². The number of hydrogen-bond acceptors (Lipinski definition) is 2. The Bertz CT molecular complexity index is 334. The number of aliphatic hydroxyl groups is 1. The summed E-state index contributed by atoms with van der Waals surface area (Å²) in [5.74, 6) is 0. The van der Waals surface area contributed by atoms with Crippen molar-refractivity contribution in [3.8, 4) is 0 Å². The molecule has 0 amide bonds. The molecule has 0 fully saturated rings. The van der Waals surface area contributed by atoms with Gasteiger partial charge in [0.15, 0.2) is 0 Å². The fourth-order valence-corrected chi connectivity index (χ4v) is 2.47. The topological polar surface area (TPSA) is 33.1 Å². The number of rotatable bonds is 11. The molecule has 0 saturated heterocycles. The van der Waals surface area contributed by atoms with Crippen molar-refractivity contribution in [3.63, 3.8) is 0 Å². The molecule has 0 aliphatic rings. The minimum absolute atomic E-state index is 0.231. The van der Waals surface area contributed by atoms with Crippen molar-refractivity contribution in [1.29, 1.82) is 0 Å². The minimum Gasteiger partial charge on any atom is -0.393 e. The van der Waals surface area contributed by atoms with Crippen LogP contribution >= 0.6 is 0 Å². The van der Waals surface area contributed by atoms with E-state index in [1.807, 2.05) is 12.3 Å². The predicted molar refractivity (Wildman–Crippen MR) is 85.9 cm³/mol. The lowest BCUT2D eigenvalue weighted by Crippen LogP contribution is -2.11. The van der Waals surface area contributed by atoms with Crippen LogP contribution in [0.5, 0.6) is 0 Å². The van der Waals surface area contributed by atoms with E-state index in [2.05, 4.69) is 24.9 Å². The Kier molecular flexibility index (Phi) is 9.31. The Hall–Kier alpha value is -0.890. The second kappa shape index (κ2) is 10.8. The first-order valence-electron chi connectivity index (χ1n) is 8.38. The summed E-state index contributed by atoms with van der Waals surface area (Å²) in [6, 6.07) is 4.16. The fourth-order valence-electron chi connectivity index (χ4n) is 2.47. The second-order valence-corrected chi connectivity index (χ2v) is 5.78. The number of nitrogens with zero attached hydrogens (tertiary/aromatic N) is 1. The summed E-state index contributed by atoms with van der Waals surface area (Å²) in [6.07, 6.45) is 13.4. The third-order valence-electron chi connectivity index (χ3n) is 3.88. The van der Waals surface area contributed by atoms with E-state index in [1.165, 1.54) is 44.1 Å². The van der Waals surface area contributed by atoms with Crippen molar-refractivity contribution in [2.75, 3.05) is 0 Å². The summed E-state index contributed by atoms with van der Waals surface area (Å²) in [6.45, 7) is 4.38. The van der Waals surface area contributed by atoms with Crippen LogP contribution < -0.4 is 0 Å². The average molecular weight is 277 g/mol. The highest BCUT2D eigenvalue weighted by atomic mass is 16.3. The van der Waals surface area contributed by atoms with E-state index in [0.717, 1.165) is 25.0 Å². The Morgan fingerprint density at radius 3 is 2.30 bits per heavy atom.